The number of carboxylic acid groups (broad SMARTS) is 1. The highest BCUT2D eigenvalue weighted by molar-refractivity contribution is 6.34. The van der Waals surface area contributed by atoms with Gasteiger partial charge in [-0.05, 0) is 124 Å². The van der Waals surface area contributed by atoms with Crippen molar-refractivity contribution in [2.24, 2.45) is 11.8 Å². The van der Waals surface area contributed by atoms with Crippen LogP contribution >= 0.6 is 11.6 Å². The smallest absolute Gasteiger partial charge is 0.407 e. The summed E-state index contributed by atoms with van der Waals surface area (Å²) in [5.41, 5.74) is 3.44. The van der Waals surface area contributed by atoms with Crippen LogP contribution < -0.4 is 21.3 Å². The van der Waals surface area contributed by atoms with Crippen molar-refractivity contribution in [3.05, 3.63) is 82.9 Å². The molecule has 59 heavy (non-hydrogen) atoms. The number of benzene rings is 3. The lowest BCUT2D eigenvalue weighted by Crippen LogP contribution is -2.48. The molecule has 2 fully saturated rings. The van der Waals surface area contributed by atoms with E-state index in [1.807, 2.05) is 51.1 Å². The number of anilines is 1. The summed E-state index contributed by atoms with van der Waals surface area (Å²) in [4.78, 5) is 65.3. The predicted molar refractivity (Wildman–Crippen MR) is 221 cm³/mol. The molecule has 2 aliphatic rings. The minimum absolute atomic E-state index is 0.143. The quantitative estimate of drug-likeness (QED) is 0.0970. The number of likely N-dealkylation sites (tertiary alicyclic amines) is 1. The first kappa shape index (κ1) is 42.6. The van der Waals surface area contributed by atoms with E-state index in [0.717, 1.165) is 29.5 Å². The van der Waals surface area contributed by atoms with Crippen LogP contribution in [-0.4, -0.2) is 97.9 Å². The summed E-state index contributed by atoms with van der Waals surface area (Å²) < 4.78 is 5.35. The van der Waals surface area contributed by atoms with Crippen molar-refractivity contribution >= 4 is 47.2 Å². The highest BCUT2D eigenvalue weighted by atomic mass is 35.5. The molecule has 0 spiro atoms. The Morgan fingerprint density at radius 3 is 2.17 bits per heavy atom. The molecule has 6 rings (SSSR count). The summed E-state index contributed by atoms with van der Waals surface area (Å²) in [5.74, 6) is -0.529. The van der Waals surface area contributed by atoms with Crippen molar-refractivity contribution in [2.75, 3.05) is 25.0 Å². The maximum absolute atomic E-state index is 13.8. The van der Waals surface area contributed by atoms with Gasteiger partial charge in [-0.15, -0.1) is 10.2 Å². The van der Waals surface area contributed by atoms with Gasteiger partial charge in [0.2, 0.25) is 17.6 Å². The molecule has 1 aromatic heterocycles. The Labute approximate surface area is 347 Å². The monoisotopic (exact) mass is 827 g/mol. The number of hydrogen-bond donors (Lipinski definition) is 6. The van der Waals surface area contributed by atoms with E-state index in [1.54, 1.807) is 36.4 Å². The van der Waals surface area contributed by atoms with E-state index < -0.39 is 23.8 Å². The molecule has 4 aromatic rings. The van der Waals surface area contributed by atoms with Crippen LogP contribution in [0.3, 0.4) is 0 Å². The van der Waals surface area contributed by atoms with Crippen molar-refractivity contribution in [3.63, 3.8) is 0 Å². The molecule has 1 atom stereocenters. The van der Waals surface area contributed by atoms with Gasteiger partial charge >= 0.3 is 12.2 Å². The number of nitrogens with one attached hydrogen (secondary N) is 5. The highest BCUT2D eigenvalue weighted by Gasteiger charge is 2.31. The second-order valence-electron chi connectivity index (χ2n) is 16.1. The number of piperidine rings is 1. The first-order chi connectivity index (χ1) is 28.2. The summed E-state index contributed by atoms with van der Waals surface area (Å²) in [5, 5.41) is 35.2. The number of hydrogen-bond acceptors (Lipinski definition) is 9. The molecule has 1 aliphatic carbocycles. The fourth-order valence-corrected chi connectivity index (χ4v) is 7.58. The maximum Gasteiger partial charge on any atom is 0.407 e. The summed E-state index contributed by atoms with van der Waals surface area (Å²) in [6.07, 6.45) is 2.62. The Morgan fingerprint density at radius 1 is 0.898 bits per heavy atom. The normalized spacial score (nSPS) is 17.7. The van der Waals surface area contributed by atoms with Gasteiger partial charge < -0.3 is 36.0 Å². The van der Waals surface area contributed by atoms with Crippen molar-refractivity contribution in [1.29, 1.82) is 0 Å². The van der Waals surface area contributed by atoms with Crippen molar-refractivity contribution in [3.8, 4) is 22.5 Å². The number of aromatic nitrogens is 4. The molecule has 0 radical (unpaired) electrons. The van der Waals surface area contributed by atoms with E-state index in [2.05, 4.69) is 41.9 Å². The zero-order chi connectivity index (χ0) is 42.1. The Hall–Kier alpha value is -6.03. The maximum atomic E-state index is 13.8. The van der Waals surface area contributed by atoms with E-state index in [-0.39, 0.29) is 47.0 Å². The van der Waals surface area contributed by atoms with Gasteiger partial charge in [-0.25, -0.2) is 9.59 Å². The first-order valence-electron chi connectivity index (χ1n) is 19.8. The summed E-state index contributed by atoms with van der Waals surface area (Å²) in [6, 6.07) is 18.7. The molecular formula is C42H50ClN9O7. The third-order valence-electron chi connectivity index (χ3n) is 10.6. The number of aromatic amines is 1. The van der Waals surface area contributed by atoms with Gasteiger partial charge in [0.1, 0.15) is 11.6 Å². The van der Waals surface area contributed by atoms with Crippen molar-refractivity contribution in [2.45, 2.75) is 83.4 Å². The van der Waals surface area contributed by atoms with Crippen molar-refractivity contribution in [1.82, 2.24) is 41.5 Å². The van der Waals surface area contributed by atoms with E-state index >= 15 is 0 Å². The Bertz CT molecular complexity index is 2090. The number of nitrogens with zero attached hydrogens (tertiary/aromatic N) is 4. The van der Waals surface area contributed by atoms with Gasteiger partial charge in [0.15, 0.2) is 0 Å². The van der Waals surface area contributed by atoms with Gasteiger partial charge in [0.25, 0.3) is 5.91 Å². The number of halogens is 1. The average Bonchev–Trinajstić information content (AvgIpc) is 3.75. The fourth-order valence-electron chi connectivity index (χ4n) is 7.31. The van der Waals surface area contributed by atoms with E-state index in [0.29, 0.717) is 68.0 Å². The van der Waals surface area contributed by atoms with Crippen LogP contribution in [0.25, 0.3) is 22.5 Å². The molecule has 0 unspecified atom stereocenters. The predicted octanol–water partition coefficient (Wildman–Crippen LogP) is 6.06. The second kappa shape index (κ2) is 19.1. The molecular weight excluding hydrogens is 778 g/mol. The van der Waals surface area contributed by atoms with Crippen LogP contribution in [0.2, 0.25) is 5.02 Å². The van der Waals surface area contributed by atoms with Gasteiger partial charge in [-0.1, -0.05) is 41.9 Å². The zero-order valence-corrected chi connectivity index (χ0v) is 34.1. The van der Waals surface area contributed by atoms with Gasteiger partial charge in [0.05, 0.1) is 10.6 Å². The van der Waals surface area contributed by atoms with Gasteiger partial charge in [-0.3, -0.25) is 14.4 Å². The molecule has 1 saturated carbocycles. The number of H-pyrrole nitrogens is 1. The van der Waals surface area contributed by atoms with E-state index in [4.69, 9.17) is 16.3 Å². The lowest BCUT2D eigenvalue weighted by molar-refractivity contribution is -0.130. The summed E-state index contributed by atoms with van der Waals surface area (Å²) >= 11 is 6.60. The molecule has 312 valence electrons. The third kappa shape index (κ3) is 12.0. The highest BCUT2D eigenvalue weighted by Crippen LogP contribution is 2.30. The lowest BCUT2D eigenvalue weighted by Gasteiger charge is -2.30. The molecule has 16 nitrogen and oxygen atoms in total. The minimum Gasteiger partial charge on any atom is -0.465 e. The average molecular weight is 828 g/mol. The standard InChI is InChI=1S/C42H50ClN9O7/c1-42(2,3)59-40(56)44-24-26-6-10-29(11-7-26)37(53)47-35(39(55)46-31-15-12-28(13-16-31)36-48-50-51-49-36)22-25-4-8-27(9-5-25)30-14-17-33(34(43)23-30)38(54)45-32-18-20-52(21-19-32)41(57)58/h4-5,8-9,12-17,23,26,29,32,35H,6-7,10-11,18-22,24H2,1-3H3,(H,44,56)(H,45,54)(H,46,55)(H,47,53)(H,57,58)(H,48,49,50,51)/t26-,29-,35-/m0/s1. The first-order valence-corrected chi connectivity index (χ1v) is 20.2. The molecule has 2 heterocycles. The van der Waals surface area contributed by atoms with E-state index in [1.165, 1.54) is 4.90 Å². The third-order valence-corrected chi connectivity index (χ3v) is 10.9. The molecule has 1 saturated heterocycles. The molecule has 17 heteroatoms. The Morgan fingerprint density at radius 2 is 1.56 bits per heavy atom. The van der Waals surface area contributed by atoms with Gasteiger partial charge in [0, 0.05) is 49.3 Å². The van der Waals surface area contributed by atoms with Crippen molar-refractivity contribution < 1.29 is 33.8 Å². The largest absolute Gasteiger partial charge is 0.465 e. The molecule has 0 bridgehead atoms. The number of ether oxygens (including phenoxy) is 1. The minimum atomic E-state index is -0.961. The molecule has 3 aromatic carbocycles. The van der Waals surface area contributed by atoms with Crippen LogP contribution in [0.5, 0.6) is 0 Å². The summed E-state index contributed by atoms with van der Waals surface area (Å²) in [7, 11) is 0. The molecule has 5 amide bonds. The molecule has 1 aliphatic heterocycles. The Balaban J connectivity index is 1.09. The van der Waals surface area contributed by atoms with E-state index in [9.17, 15) is 29.1 Å². The van der Waals surface area contributed by atoms with Crippen LogP contribution in [0.4, 0.5) is 15.3 Å². The van der Waals surface area contributed by atoms with Crippen LogP contribution in [0.1, 0.15) is 75.2 Å². The van der Waals surface area contributed by atoms with Crippen LogP contribution in [0, 0.1) is 11.8 Å². The number of amides is 5. The fraction of sp³-hybridized carbons (Fsp3) is 0.429. The van der Waals surface area contributed by atoms with Crippen LogP contribution in [0.15, 0.2) is 66.7 Å². The number of tetrazole rings is 1. The summed E-state index contributed by atoms with van der Waals surface area (Å²) in [6.45, 7) is 6.63. The zero-order valence-electron chi connectivity index (χ0n) is 33.3. The SMILES string of the molecule is CC(C)(C)OC(=O)NC[C@H]1CC[C@H](C(=O)N[C@@H](Cc2ccc(-c3ccc(C(=O)NC4CCN(C(=O)O)CC4)c(Cl)c3)cc2)C(=O)Nc2ccc(-c3nn[nH]n3)cc2)CC1. The van der Waals surface area contributed by atoms with Crippen LogP contribution in [-0.2, 0) is 20.7 Å². The number of alkyl carbamates (subject to hydrolysis) is 1. The lowest BCUT2D eigenvalue weighted by atomic mass is 9.81. The molecule has 6 N–H and O–H groups in total. The number of carbonyl (C=O) groups excluding carboxylic acids is 4. The topological polar surface area (TPSA) is 221 Å². The van der Waals surface area contributed by atoms with Gasteiger partial charge in [-0.2, -0.15) is 5.21 Å². The Kier molecular flexibility index (Phi) is 13.8. The second-order valence-corrected chi connectivity index (χ2v) is 16.5. The number of carbonyl (C=O) groups is 5. The number of rotatable bonds is 12.